The average Bonchev–Trinajstić information content (AvgIpc) is 2.93. The Morgan fingerprint density at radius 2 is 2.05 bits per heavy atom. The molecule has 6 heteroatoms. The topological polar surface area (TPSA) is 67.2 Å². The highest BCUT2D eigenvalue weighted by Gasteiger charge is 2.10. The van der Waals surface area contributed by atoms with E-state index >= 15 is 0 Å². The molecule has 0 atom stereocenters. The molecule has 1 heterocycles. The Labute approximate surface area is 122 Å². The maximum absolute atomic E-state index is 12.8. The number of likely N-dealkylation sites (N-methyl/N-ethyl adjacent to an activating group) is 1. The number of carbonyl (C=O) groups is 1. The van der Waals surface area contributed by atoms with Crippen LogP contribution in [-0.4, -0.2) is 30.5 Å². The molecule has 2 rings (SSSR count). The van der Waals surface area contributed by atoms with E-state index in [-0.39, 0.29) is 18.1 Å². The van der Waals surface area contributed by atoms with Gasteiger partial charge < -0.3 is 15.1 Å². The van der Waals surface area contributed by atoms with E-state index in [1.165, 1.54) is 18.4 Å². The van der Waals surface area contributed by atoms with Crippen molar-refractivity contribution in [2.75, 3.05) is 19.6 Å². The Hall–Kier alpha value is -2.21. The van der Waals surface area contributed by atoms with Crippen LogP contribution in [0, 0.1) is 5.82 Å². The van der Waals surface area contributed by atoms with Gasteiger partial charge in [-0.3, -0.25) is 4.79 Å². The van der Waals surface area contributed by atoms with Crippen molar-refractivity contribution in [1.82, 2.24) is 15.6 Å². The number of amides is 1. The van der Waals surface area contributed by atoms with Crippen molar-refractivity contribution in [3.8, 4) is 11.5 Å². The summed E-state index contributed by atoms with van der Waals surface area (Å²) in [6.45, 7) is 4.20. The number of halogens is 1. The minimum absolute atomic E-state index is 0.105. The van der Waals surface area contributed by atoms with Crippen LogP contribution < -0.4 is 10.6 Å². The summed E-state index contributed by atoms with van der Waals surface area (Å²) in [4.78, 5) is 15.9. The highest BCUT2D eigenvalue weighted by Crippen LogP contribution is 2.18. The van der Waals surface area contributed by atoms with Crippen LogP contribution in [0.15, 0.2) is 34.9 Å². The van der Waals surface area contributed by atoms with E-state index < -0.39 is 0 Å². The number of aromatic nitrogens is 1. The lowest BCUT2D eigenvalue weighted by Crippen LogP contribution is -2.32. The molecule has 0 radical (unpaired) electrons. The van der Waals surface area contributed by atoms with E-state index in [4.69, 9.17) is 4.42 Å². The fraction of sp³-hybridized carbons (Fsp3) is 0.333. The van der Waals surface area contributed by atoms with Gasteiger partial charge in [0.2, 0.25) is 11.8 Å². The summed E-state index contributed by atoms with van der Waals surface area (Å²) in [6, 6.07) is 5.85. The van der Waals surface area contributed by atoms with Gasteiger partial charge in [-0.2, -0.15) is 0 Å². The SMILES string of the molecule is CCNCCNC(=O)Cc1coc(-c2ccc(F)cc2)n1. The first kappa shape index (κ1) is 15.2. The van der Waals surface area contributed by atoms with Crippen molar-refractivity contribution < 1.29 is 13.6 Å². The molecule has 0 fully saturated rings. The zero-order valence-electron chi connectivity index (χ0n) is 11.9. The van der Waals surface area contributed by atoms with Crippen LogP contribution in [0.25, 0.3) is 11.5 Å². The molecular weight excluding hydrogens is 273 g/mol. The predicted molar refractivity (Wildman–Crippen MR) is 77.2 cm³/mol. The van der Waals surface area contributed by atoms with Crippen LogP contribution in [0.2, 0.25) is 0 Å². The zero-order valence-corrected chi connectivity index (χ0v) is 11.9. The van der Waals surface area contributed by atoms with Crippen molar-refractivity contribution in [3.05, 3.63) is 42.0 Å². The fourth-order valence-electron chi connectivity index (χ4n) is 1.81. The second-order valence-electron chi connectivity index (χ2n) is 4.53. The maximum atomic E-state index is 12.8. The van der Waals surface area contributed by atoms with Gasteiger partial charge in [-0.05, 0) is 30.8 Å². The van der Waals surface area contributed by atoms with Crippen molar-refractivity contribution in [2.24, 2.45) is 0 Å². The second kappa shape index (κ2) is 7.54. The molecular formula is C15H18FN3O2. The summed E-state index contributed by atoms with van der Waals surface area (Å²) in [6.07, 6.45) is 1.61. The van der Waals surface area contributed by atoms with Crippen molar-refractivity contribution in [1.29, 1.82) is 0 Å². The van der Waals surface area contributed by atoms with Gasteiger partial charge in [-0.1, -0.05) is 6.92 Å². The highest BCUT2D eigenvalue weighted by atomic mass is 19.1. The molecule has 0 aliphatic heterocycles. The zero-order chi connectivity index (χ0) is 15.1. The van der Waals surface area contributed by atoms with Gasteiger partial charge in [-0.15, -0.1) is 0 Å². The van der Waals surface area contributed by atoms with Crippen LogP contribution in [0.1, 0.15) is 12.6 Å². The minimum atomic E-state index is -0.314. The molecule has 0 aliphatic carbocycles. The average molecular weight is 291 g/mol. The number of benzene rings is 1. The number of oxazole rings is 1. The third kappa shape index (κ3) is 4.68. The van der Waals surface area contributed by atoms with Crippen molar-refractivity contribution in [2.45, 2.75) is 13.3 Å². The first-order chi connectivity index (χ1) is 10.2. The summed E-state index contributed by atoms with van der Waals surface area (Å²) in [7, 11) is 0. The van der Waals surface area contributed by atoms with Crippen molar-refractivity contribution in [3.63, 3.8) is 0 Å². The number of nitrogens with one attached hydrogen (secondary N) is 2. The third-order valence-corrected chi connectivity index (χ3v) is 2.86. The van der Waals surface area contributed by atoms with Gasteiger partial charge in [0.25, 0.3) is 0 Å². The lowest BCUT2D eigenvalue weighted by Gasteiger charge is -2.03. The molecule has 0 aliphatic rings. The lowest BCUT2D eigenvalue weighted by atomic mass is 10.2. The number of hydrogen-bond acceptors (Lipinski definition) is 4. The first-order valence-electron chi connectivity index (χ1n) is 6.87. The summed E-state index contributed by atoms with van der Waals surface area (Å²) in [5, 5.41) is 5.91. The molecule has 1 aromatic carbocycles. The third-order valence-electron chi connectivity index (χ3n) is 2.86. The Bertz CT molecular complexity index is 581. The van der Waals surface area contributed by atoms with E-state index in [2.05, 4.69) is 15.6 Å². The van der Waals surface area contributed by atoms with Gasteiger partial charge in [0.05, 0.1) is 12.1 Å². The summed E-state index contributed by atoms with van der Waals surface area (Å²) >= 11 is 0. The van der Waals surface area contributed by atoms with Crippen LogP contribution >= 0.6 is 0 Å². The predicted octanol–water partition coefficient (Wildman–Crippen LogP) is 1.75. The molecule has 0 bridgehead atoms. The minimum Gasteiger partial charge on any atom is -0.444 e. The van der Waals surface area contributed by atoms with Gasteiger partial charge in [-0.25, -0.2) is 9.37 Å². The standard InChI is InChI=1S/C15H18FN3O2/c1-2-17-7-8-18-14(20)9-13-10-21-15(19-13)11-3-5-12(16)6-4-11/h3-6,10,17H,2,7-9H2,1H3,(H,18,20). The van der Waals surface area contributed by atoms with Crippen LogP contribution in [0.4, 0.5) is 4.39 Å². The van der Waals surface area contributed by atoms with E-state index in [0.29, 0.717) is 23.7 Å². The summed E-state index contributed by atoms with van der Waals surface area (Å²) in [5.74, 6) is -0.0390. The Kier molecular flexibility index (Phi) is 5.45. The molecule has 1 aromatic heterocycles. The normalized spacial score (nSPS) is 10.6. The van der Waals surface area contributed by atoms with Gasteiger partial charge in [0.15, 0.2) is 0 Å². The van der Waals surface area contributed by atoms with E-state index in [1.807, 2.05) is 6.92 Å². The fourth-order valence-corrected chi connectivity index (χ4v) is 1.81. The largest absolute Gasteiger partial charge is 0.444 e. The molecule has 21 heavy (non-hydrogen) atoms. The van der Waals surface area contributed by atoms with E-state index in [0.717, 1.165) is 13.1 Å². The van der Waals surface area contributed by atoms with E-state index in [9.17, 15) is 9.18 Å². The van der Waals surface area contributed by atoms with Crippen LogP contribution in [0.5, 0.6) is 0 Å². The highest BCUT2D eigenvalue weighted by molar-refractivity contribution is 5.78. The Balaban J connectivity index is 1.88. The smallest absolute Gasteiger partial charge is 0.226 e. The molecule has 0 unspecified atom stereocenters. The molecule has 0 saturated heterocycles. The molecule has 2 aromatic rings. The van der Waals surface area contributed by atoms with Gasteiger partial charge >= 0.3 is 0 Å². The lowest BCUT2D eigenvalue weighted by molar-refractivity contribution is -0.120. The van der Waals surface area contributed by atoms with E-state index in [1.54, 1.807) is 12.1 Å². The number of rotatable bonds is 7. The monoisotopic (exact) mass is 291 g/mol. The van der Waals surface area contributed by atoms with Crippen molar-refractivity contribution >= 4 is 5.91 Å². The Morgan fingerprint density at radius 3 is 2.76 bits per heavy atom. The second-order valence-corrected chi connectivity index (χ2v) is 4.53. The molecule has 5 nitrogen and oxygen atoms in total. The molecule has 0 spiro atoms. The van der Waals surface area contributed by atoms with Gasteiger partial charge in [0, 0.05) is 18.7 Å². The van der Waals surface area contributed by atoms with Crippen LogP contribution in [-0.2, 0) is 11.2 Å². The number of hydrogen-bond donors (Lipinski definition) is 2. The molecule has 2 N–H and O–H groups in total. The molecule has 1 amide bonds. The Morgan fingerprint density at radius 1 is 1.29 bits per heavy atom. The van der Waals surface area contributed by atoms with Gasteiger partial charge in [0.1, 0.15) is 12.1 Å². The quantitative estimate of drug-likeness (QED) is 0.763. The number of carbonyl (C=O) groups excluding carboxylic acids is 1. The summed E-state index contributed by atoms with van der Waals surface area (Å²) in [5.41, 5.74) is 1.23. The van der Waals surface area contributed by atoms with Crippen LogP contribution in [0.3, 0.4) is 0 Å². The molecule has 0 saturated carbocycles. The summed E-state index contributed by atoms with van der Waals surface area (Å²) < 4.78 is 18.2. The number of nitrogens with zero attached hydrogens (tertiary/aromatic N) is 1. The molecule has 112 valence electrons. The first-order valence-corrected chi connectivity index (χ1v) is 6.87. The maximum Gasteiger partial charge on any atom is 0.226 e.